The van der Waals surface area contributed by atoms with Gasteiger partial charge in [0.05, 0.1) is 6.61 Å². The summed E-state index contributed by atoms with van der Waals surface area (Å²) in [7, 11) is 0. The summed E-state index contributed by atoms with van der Waals surface area (Å²) < 4.78 is 0. The topological polar surface area (TPSA) is 90.9 Å². The van der Waals surface area contributed by atoms with Crippen molar-refractivity contribution >= 4 is 5.84 Å². The van der Waals surface area contributed by atoms with Crippen molar-refractivity contribution in [3.05, 3.63) is 35.4 Å². The van der Waals surface area contributed by atoms with Crippen LogP contribution in [0.5, 0.6) is 0 Å². The molecule has 5 nitrogen and oxygen atoms in total. The van der Waals surface area contributed by atoms with Gasteiger partial charge in [0.2, 0.25) is 0 Å². The van der Waals surface area contributed by atoms with E-state index in [-0.39, 0.29) is 18.5 Å². The van der Waals surface area contributed by atoms with Crippen LogP contribution in [0.2, 0.25) is 0 Å². The van der Waals surface area contributed by atoms with Crippen molar-refractivity contribution in [2.24, 2.45) is 16.8 Å². The van der Waals surface area contributed by atoms with Crippen LogP contribution in [0.1, 0.15) is 25.0 Å². The fourth-order valence-electron chi connectivity index (χ4n) is 1.66. The van der Waals surface area contributed by atoms with Crippen LogP contribution < -0.4 is 11.1 Å². The minimum atomic E-state index is 0.0671. The molecule has 0 aromatic heterocycles. The fraction of sp³-hybridized carbons (Fsp3) is 0.462. The van der Waals surface area contributed by atoms with Crippen molar-refractivity contribution in [3.8, 4) is 0 Å². The van der Waals surface area contributed by atoms with Gasteiger partial charge >= 0.3 is 0 Å². The Morgan fingerprint density at radius 1 is 1.44 bits per heavy atom. The van der Waals surface area contributed by atoms with Crippen molar-refractivity contribution in [2.75, 3.05) is 6.61 Å². The minimum absolute atomic E-state index is 0.0671. The molecule has 0 saturated heterocycles. The molecule has 0 spiro atoms. The molecule has 1 aromatic carbocycles. The van der Waals surface area contributed by atoms with Crippen LogP contribution >= 0.6 is 0 Å². The number of rotatable bonds is 6. The van der Waals surface area contributed by atoms with Gasteiger partial charge in [0.25, 0.3) is 0 Å². The van der Waals surface area contributed by atoms with E-state index in [9.17, 15) is 5.11 Å². The van der Waals surface area contributed by atoms with Crippen molar-refractivity contribution < 1.29 is 10.3 Å². The summed E-state index contributed by atoms with van der Waals surface area (Å²) in [6, 6.07) is 7.52. The highest BCUT2D eigenvalue weighted by Crippen LogP contribution is 2.07. The van der Waals surface area contributed by atoms with Gasteiger partial charge in [-0.2, -0.15) is 0 Å². The maximum atomic E-state index is 9.22. The Kier molecular flexibility index (Phi) is 5.61. The number of amidine groups is 1. The lowest BCUT2D eigenvalue weighted by Gasteiger charge is -2.20. The maximum absolute atomic E-state index is 9.22. The van der Waals surface area contributed by atoms with E-state index >= 15 is 0 Å². The second kappa shape index (κ2) is 6.98. The molecule has 0 aliphatic heterocycles. The molecule has 18 heavy (non-hydrogen) atoms. The molecule has 0 saturated carbocycles. The van der Waals surface area contributed by atoms with Gasteiger partial charge in [-0.1, -0.05) is 37.2 Å². The molecule has 0 heterocycles. The number of aliphatic hydroxyl groups is 1. The highest BCUT2D eigenvalue weighted by molar-refractivity contribution is 5.97. The Hall–Kier alpha value is -1.59. The monoisotopic (exact) mass is 251 g/mol. The van der Waals surface area contributed by atoms with Gasteiger partial charge in [-0.15, -0.1) is 0 Å². The SMILES string of the molecule is CC(C)C(CO)NCc1cccc(C(N)=NO)c1. The molecule has 5 N–H and O–H groups in total. The highest BCUT2D eigenvalue weighted by Gasteiger charge is 2.11. The first kappa shape index (κ1) is 14.5. The van der Waals surface area contributed by atoms with Gasteiger partial charge in [-0.05, 0) is 17.5 Å². The van der Waals surface area contributed by atoms with Crippen LogP contribution in [0.25, 0.3) is 0 Å². The molecule has 5 heteroatoms. The summed E-state index contributed by atoms with van der Waals surface area (Å²) in [5, 5.41) is 24.1. The second-order valence-corrected chi connectivity index (χ2v) is 4.60. The molecule has 1 atom stereocenters. The molecule has 0 bridgehead atoms. The zero-order valence-corrected chi connectivity index (χ0v) is 10.8. The van der Waals surface area contributed by atoms with Crippen LogP contribution in [-0.4, -0.2) is 28.8 Å². The summed E-state index contributed by atoms with van der Waals surface area (Å²) in [5.41, 5.74) is 7.24. The predicted molar refractivity (Wildman–Crippen MR) is 71.5 cm³/mol. The van der Waals surface area contributed by atoms with Gasteiger partial charge < -0.3 is 21.4 Å². The summed E-state index contributed by atoms with van der Waals surface area (Å²) in [6.45, 7) is 4.86. The number of nitrogens with zero attached hydrogens (tertiary/aromatic N) is 1. The number of nitrogens with one attached hydrogen (secondary N) is 1. The van der Waals surface area contributed by atoms with E-state index in [0.717, 1.165) is 5.56 Å². The molecule has 1 rings (SSSR count). The van der Waals surface area contributed by atoms with Crippen molar-refractivity contribution in [1.82, 2.24) is 5.32 Å². The molecule has 1 aromatic rings. The summed E-state index contributed by atoms with van der Waals surface area (Å²) in [6.07, 6.45) is 0. The van der Waals surface area contributed by atoms with Gasteiger partial charge in [0.1, 0.15) is 0 Å². The Bertz CT molecular complexity index is 405. The van der Waals surface area contributed by atoms with Gasteiger partial charge in [0.15, 0.2) is 5.84 Å². The quantitative estimate of drug-likeness (QED) is 0.261. The summed E-state index contributed by atoms with van der Waals surface area (Å²) >= 11 is 0. The molecule has 0 radical (unpaired) electrons. The zero-order valence-electron chi connectivity index (χ0n) is 10.8. The second-order valence-electron chi connectivity index (χ2n) is 4.60. The average molecular weight is 251 g/mol. The van der Waals surface area contributed by atoms with Crippen molar-refractivity contribution in [1.29, 1.82) is 0 Å². The lowest BCUT2D eigenvalue weighted by Crippen LogP contribution is -2.36. The number of hydrogen-bond acceptors (Lipinski definition) is 4. The first-order chi connectivity index (χ1) is 8.58. The van der Waals surface area contributed by atoms with Crippen LogP contribution in [-0.2, 0) is 6.54 Å². The highest BCUT2D eigenvalue weighted by atomic mass is 16.4. The lowest BCUT2D eigenvalue weighted by atomic mass is 10.0. The van der Waals surface area contributed by atoms with Gasteiger partial charge in [-0.3, -0.25) is 0 Å². The third-order valence-electron chi connectivity index (χ3n) is 2.90. The molecular formula is C13H21N3O2. The summed E-state index contributed by atoms with van der Waals surface area (Å²) in [5.74, 6) is 0.460. The number of nitrogens with two attached hydrogens (primary N) is 1. The molecule has 1 unspecified atom stereocenters. The Morgan fingerprint density at radius 3 is 2.72 bits per heavy atom. The Balaban J connectivity index is 2.68. The van der Waals surface area contributed by atoms with E-state index in [1.54, 1.807) is 6.07 Å². The Morgan fingerprint density at radius 2 is 2.17 bits per heavy atom. The van der Waals surface area contributed by atoms with Crippen LogP contribution in [0.4, 0.5) is 0 Å². The molecule has 0 amide bonds. The van der Waals surface area contributed by atoms with Crippen LogP contribution in [0.15, 0.2) is 29.4 Å². The van der Waals surface area contributed by atoms with Crippen molar-refractivity contribution in [2.45, 2.75) is 26.4 Å². The van der Waals surface area contributed by atoms with Crippen LogP contribution in [0, 0.1) is 5.92 Å². The number of oxime groups is 1. The number of aliphatic hydroxyl groups excluding tert-OH is 1. The largest absolute Gasteiger partial charge is 0.409 e. The molecule has 100 valence electrons. The van der Waals surface area contributed by atoms with E-state index in [1.807, 2.05) is 18.2 Å². The van der Waals surface area contributed by atoms with E-state index in [0.29, 0.717) is 18.0 Å². The Labute approximate surface area is 107 Å². The third kappa shape index (κ3) is 4.01. The lowest BCUT2D eigenvalue weighted by molar-refractivity contribution is 0.210. The first-order valence-electron chi connectivity index (χ1n) is 5.99. The molecule has 0 aliphatic rings. The van der Waals surface area contributed by atoms with E-state index in [4.69, 9.17) is 10.9 Å². The molecular weight excluding hydrogens is 230 g/mol. The van der Waals surface area contributed by atoms with E-state index in [2.05, 4.69) is 24.3 Å². The van der Waals surface area contributed by atoms with Crippen LogP contribution in [0.3, 0.4) is 0 Å². The number of hydrogen-bond donors (Lipinski definition) is 4. The normalized spacial score (nSPS) is 13.9. The van der Waals surface area contributed by atoms with E-state index < -0.39 is 0 Å². The standard InChI is InChI=1S/C13H21N3O2/c1-9(2)12(8-17)15-7-10-4-3-5-11(6-10)13(14)16-18/h3-6,9,12,15,17-18H,7-8H2,1-2H3,(H2,14,16). The molecule has 0 fully saturated rings. The van der Waals surface area contributed by atoms with Gasteiger partial charge in [-0.25, -0.2) is 0 Å². The third-order valence-corrected chi connectivity index (χ3v) is 2.90. The van der Waals surface area contributed by atoms with Crippen molar-refractivity contribution in [3.63, 3.8) is 0 Å². The smallest absolute Gasteiger partial charge is 0.170 e. The van der Waals surface area contributed by atoms with Gasteiger partial charge in [0, 0.05) is 18.2 Å². The number of benzene rings is 1. The average Bonchev–Trinajstić information content (AvgIpc) is 2.38. The maximum Gasteiger partial charge on any atom is 0.170 e. The van der Waals surface area contributed by atoms with E-state index in [1.165, 1.54) is 0 Å². The molecule has 0 aliphatic carbocycles. The first-order valence-corrected chi connectivity index (χ1v) is 5.99. The summed E-state index contributed by atoms with van der Waals surface area (Å²) in [4.78, 5) is 0. The zero-order chi connectivity index (χ0) is 13.5. The fourth-order valence-corrected chi connectivity index (χ4v) is 1.66. The minimum Gasteiger partial charge on any atom is -0.409 e. The predicted octanol–water partition coefficient (Wildman–Crippen LogP) is 0.888.